The molecular formula is C15H20BrNO4. The molecule has 6 heteroatoms. The van der Waals surface area contributed by atoms with E-state index in [1.165, 1.54) is 7.11 Å². The first-order chi connectivity index (χ1) is 9.97. The molecule has 0 fully saturated rings. The maximum absolute atomic E-state index is 12.6. The Bertz CT molecular complexity index is 484. The van der Waals surface area contributed by atoms with E-state index in [2.05, 4.69) is 20.7 Å². The van der Waals surface area contributed by atoms with Crippen LogP contribution in [0, 0.1) is 6.92 Å². The largest absolute Gasteiger partial charge is 0.469 e. The van der Waals surface area contributed by atoms with Crippen LogP contribution in [-0.2, 0) is 14.3 Å². The summed E-state index contributed by atoms with van der Waals surface area (Å²) in [7, 11) is 2.91. The molecule has 1 amide bonds. The summed E-state index contributed by atoms with van der Waals surface area (Å²) >= 11 is 3.39. The van der Waals surface area contributed by atoms with E-state index in [-0.39, 0.29) is 18.3 Å². The fourth-order valence-corrected chi connectivity index (χ4v) is 2.49. The zero-order chi connectivity index (χ0) is 15.8. The van der Waals surface area contributed by atoms with Crippen LogP contribution in [0.4, 0.5) is 0 Å². The maximum Gasteiger partial charge on any atom is 0.307 e. The highest BCUT2D eigenvalue weighted by atomic mass is 79.9. The number of amides is 1. The molecule has 0 heterocycles. The average Bonchev–Trinajstić information content (AvgIpc) is 2.45. The van der Waals surface area contributed by atoms with Crippen molar-refractivity contribution in [2.24, 2.45) is 0 Å². The van der Waals surface area contributed by atoms with E-state index in [0.717, 1.165) is 10.0 Å². The molecule has 0 saturated carbocycles. The Kier molecular flexibility index (Phi) is 7.39. The van der Waals surface area contributed by atoms with Gasteiger partial charge in [-0.15, -0.1) is 0 Å². The van der Waals surface area contributed by atoms with Gasteiger partial charge in [0.15, 0.2) is 0 Å². The first kappa shape index (κ1) is 17.7. The molecule has 0 aromatic heterocycles. The summed E-state index contributed by atoms with van der Waals surface area (Å²) in [6.45, 7) is 3.08. The Morgan fingerprint density at radius 3 is 2.48 bits per heavy atom. The second kappa shape index (κ2) is 8.79. The monoisotopic (exact) mass is 357 g/mol. The third-order valence-corrected chi connectivity index (χ3v) is 3.41. The second-order valence-corrected chi connectivity index (χ2v) is 5.54. The van der Waals surface area contributed by atoms with Gasteiger partial charge in [0, 0.05) is 30.2 Å². The van der Waals surface area contributed by atoms with E-state index in [9.17, 15) is 9.59 Å². The van der Waals surface area contributed by atoms with E-state index in [1.807, 2.05) is 19.1 Å². The van der Waals surface area contributed by atoms with Crippen LogP contribution >= 0.6 is 15.9 Å². The Morgan fingerprint density at radius 2 is 1.90 bits per heavy atom. The summed E-state index contributed by atoms with van der Waals surface area (Å²) in [5, 5.41) is 0. The number of esters is 1. The van der Waals surface area contributed by atoms with E-state index in [4.69, 9.17) is 4.74 Å². The lowest BCUT2D eigenvalue weighted by Gasteiger charge is -2.22. The molecule has 1 rings (SSSR count). The van der Waals surface area contributed by atoms with Crippen LogP contribution in [-0.4, -0.2) is 50.7 Å². The Hall–Kier alpha value is -1.40. The molecule has 0 radical (unpaired) electrons. The highest BCUT2D eigenvalue weighted by molar-refractivity contribution is 9.10. The van der Waals surface area contributed by atoms with Crippen LogP contribution in [0.15, 0.2) is 22.7 Å². The molecule has 0 aliphatic heterocycles. The fraction of sp³-hybridized carbons (Fsp3) is 0.467. The summed E-state index contributed by atoms with van der Waals surface area (Å²) in [5.74, 6) is -0.462. The van der Waals surface area contributed by atoms with Gasteiger partial charge in [0.1, 0.15) is 0 Å². The number of carbonyl (C=O) groups excluding carboxylic acids is 2. The zero-order valence-corrected chi connectivity index (χ0v) is 14.1. The molecule has 0 bridgehead atoms. The summed E-state index contributed by atoms with van der Waals surface area (Å²) < 4.78 is 10.5. The van der Waals surface area contributed by atoms with Gasteiger partial charge in [-0.3, -0.25) is 9.59 Å². The first-order valence-corrected chi connectivity index (χ1v) is 7.39. The van der Waals surface area contributed by atoms with Gasteiger partial charge in [-0.05, 0) is 30.7 Å². The lowest BCUT2D eigenvalue weighted by atomic mass is 10.1. The molecule has 116 valence electrons. The molecular weight excluding hydrogens is 338 g/mol. The Balaban J connectivity index is 2.84. The van der Waals surface area contributed by atoms with Gasteiger partial charge in [0.2, 0.25) is 0 Å². The number of benzene rings is 1. The highest BCUT2D eigenvalue weighted by Crippen LogP contribution is 2.17. The van der Waals surface area contributed by atoms with Crippen LogP contribution in [0.2, 0.25) is 0 Å². The number of halogens is 1. The third kappa shape index (κ3) is 5.85. The first-order valence-electron chi connectivity index (χ1n) is 6.60. The number of hydrogen-bond acceptors (Lipinski definition) is 4. The van der Waals surface area contributed by atoms with Crippen molar-refractivity contribution in [2.75, 3.05) is 33.9 Å². The smallest absolute Gasteiger partial charge is 0.307 e. The van der Waals surface area contributed by atoms with E-state index >= 15 is 0 Å². The SMILES string of the molecule is COCCN(CCC(=O)OC)C(=O)c1cc(C)cc(Br)c1. The molecule has 0 aliphatic carbocycles. The van der Waals surface area contributed by atoms with Gasteiger partial charge in [0.25, 0.3) is 5.91 Å². The summed E-state index contributed by atoms with van der Waals surface area (Å²) in [6, 6.07) is 5.53. The minimum atomic E-state index is -0.337. The maximum atomic E-state index is 12.6. The molecule has 21 heavy (non-hydrogen) atoms. The van der Waals surface area contributed by atoms with Gasteiger partial charge < -0.3 is 14.4 Å². The van der Waals surface area contributed by atoms with E-state index in [1.54, 1.807) is 18.1 Å². The molecule has 0 aliphatic rings. The van der Waals surface area contributed by atoms with Gasteiger partial charge in [-0.25, -0.2) is 0 Å². The Labute approximate surface area is 133 Å². The van der Waals surface area contributed by atoms with E-state index < -0.39 is 0 Å². The van der Waals surface area contributed by atoms with Crippen LogP contribution in [0.1, 0.15) is 22.3 Å². The Morgan fingerprint density at radius 1 is 1.19 bits per heavy atom. The predicted octanol–water partition coefficient (Wildman–Crippen LogP) is 2.41. The predicted molar refractivity (Wildman–Crippen MR) is 83.3 cm³/mol. The van der Waals surface area contributed by atoms with Crippen LogP contribution in [0.5, 0.6) is 0 Å². The number of nitrogens with zero attached hydrogens (tertiary/aromatic N) is 1. The van der Waals surface area contributed by atoms with Crippen molar-refractivity contribution in [3.05, 3.63) is 33.8 Å². The minimum Gasteiger partial charge on any atom is -0.469 e. The molecule has 0 N–H and O–H groups in total. The van der Waals surface area contributed by atoms with Gasteiger partial charge >= 0.3 is 5.97 Å². The van der Waals surface area contributed by atoms with Crippen molar-refractivity contribution in [1.29, 1.82) is 0 Å². The summed E-state index contributed by atoms with van der Waals surface area (Å²) in [5.41, 5.74) is 1.58. The topological polar surface area (TPSA) is 55.8 Å². The minimum absolute atomic E-state index is 0.125. The number of carbonyl (C=O) groups is 2. The van der Waals surface area contributed by atoms with Gasteiger partial charge in [0.05, 0.1) is 20.1 Å². The van der Waals surface area contributed by atoms with Crippen molar-refractivity contribution in [1.82, 2.24) is 4.90 Å². The number of ether oxygens (including phenoxy) is 2. The molecule has 0 spiro atoms. The van der Waals surface area contributed by atoms with Gasteiger partial charge in [-0.1, -0.05) is 15.9 Å². The van der Waals surface area contributed by atoms with Crippen molar-refractivity contribution in [3.8, 4) is 0 Å². The average molecular weight is 358 g/mol. The zero-order valence-electron chi connectivity index (χ0n) is 12.5. The third-order valence-electron chi connectivity index (χ3n) is 2.96. The van der Waals surface area contributed by atoms with Gasteiger partial charge in [-0.2, -0.15) is 0 Å². The standard InChI is InChI=1S/C15H20BrNO4/c1-11-8-12(10-13(16)9-11)15(19)17(6-7-20-2)5-4-14(18)21-3/h8-10H,4-7H2,1-3H3. The number of hydrogen-bond donors (Lipinski definition) is 0. The molecule has 0 unspecified atom stereocenters. The molecule has 0 saturated heterocycles. The van der Waals surface area contributed by atoms with Crippen molar-refractivity contribution in [3.63, 3.8) is 0 Å². The molecule has 0 atom stereocenters. The molecule has 1 aromatic rings. The molecule has 5 nitrogen and oxygen atoms in total. The number of methoxy groups -OCH3 is 2. The lowest BCUT2D eigenvalue weighted by molar-refractivity contribution is -0.140. The van der Waals surface area contributed by atoms with Crippen LogP contribution < -0.4 is 0 Å². The quantitative estimate of drug-likeness (QED) is 0.703. The van der Waals surface area contributed by atoms with Crippen LogP contribution in [0.25, 0.3) is 0 Å². The lowest BCUT2D eigenvalue weighted by Crippen LogP contribution is -2.35. The number of rotatable bonds is 7. The second-order valence-electron chi connectivity index (χ2n) is 4.63. The van der Waals surface area contributed by atoms with E-state index in [0.29, 0.717) is 25.3 Å². The summed E-state index contributed by atoms with van der Waals surface area (Å²) in [6.07, 6.45) is 0.166. The molecule has 1 aromatic carbocycles. The highest BCUT2D eigenvalue weighted by Gasteiger charge is 2.17. The normalized spacial score (nSPS) is 10.3. The fourth-order valence-electron chi connectivity index (χ4n) is 1.89. The van der Waals surface area contributed by atoms with Crippen molar-refractivity contribution in [2.45, 2.75) is 13.3 Å². The summed E-state index contributed by atoms with van der Waals surface area (Å²) in [4.78, 5) is 25.4. The van der Waals surface area contributed by atoms with Crippen molar-refractivity contribution >= 4 is 27.8 Å². The number of aryl methyl sites for hydroxylation is 1. The van der Waals surface area contributed by atoms with Crippen molar-refractivity contribution < 1.29 is 19.1 Å². The van der Waals surface area contributed by atoms with Crippen LogP contribution in [0.3, 0.4) is 0 Å².